The molecule has 2 aliphatic heterocycles. The molecule has 0 bridgehead atoms. The first-order valence-electron chi connectivity index (χ1n) is 24.4. The van der Waals surface area contributed by atoms with Gasteiger partial charge in [-0.05, 0) is 70.8 Å². The molecule has 0 atom stereocenters. The van der Waals surface area contributed by atoms with Crippen LogP contribution in [0, 0.1) is 27.2 Å². The number of carbonyl (C=O) groups excluding carboxylic acids is 2. The second-order valence-corrected chi connectivity index (χ2v) is 18.1. The van der Waals surface area contributed by atoms with Crippen LogP contribution in [-0.4, -0.2) is 101 Å². The van der Waals surface area contributed by atoms with Crippen LogP contribution in [0.15, 0.2) is 146 Å². The molecule has 10 rings (SSSR count). The summed E-state index contributed by atoms with van der Waals surface area (Å²) >= 11 is 0. The Bertz CT molecular complexity index is 3440. The third-order valence-corrected chi connectivity index (χ3v) is 13.4. The number of aromatic nitrogens is 2. The Morgan fingerprint density at radius 3 is 1.45 bits per heavy atom. The summed E-state index contributed by atoms with van der Waals surface area (Å²) in [6.45, 7) is 9.06. The molecule has 2 aromatic heterocycles. The summed E-state index contributed by atoms with van der Waals surface area (Å²) in [5.74, 6) is -0.124. The van der Waals surface area contributed by atoms with Crippen LogP contribution >= 0.6 is 0 Å². The van der Waals surface area contributed by atoms with E-state index in [0.29, 0.717) is 61.7 Å². The van der Waals surface area contributed by atoms with Crippen LogP contribution in [0.4, 0.5) is 43.7 Å². The van der Waals surface area contributed by atoms with Crippen LogP contribution in [0.2, 0.25) is 0 Å². The Hall–Kier alpha value is -8.88. The summed E-state index contributed by atoms with van der Waals surface area (Å²) in [4.78, 5) is 68.1. The number of amides is 4. The number of nitrogens with one attached hydrogen (secondary N) is 2. The SMILES string of the molecule is COc1cc([N+](=O)[O-])ccc1N(C(=O)Nc1ccc(-c2ccc(CN3CCOCC3)nc2)c2ccccc12)N(C(=O)Nc1ccc(-c2ccc(CN3CCOCC3)nc2)c2ccccc12)c1ccc([N+](=O)[O-])cc1C. The highest BCUT2D eigenvalue weighted by Gasteiger charge is 2.35. The molecular formula is C56H52N10O9. The van der Waals surface area contributed by atoms with Gasteiger partial charge in [-0.3, -0.25) is 40.0 Å². The molecule has 0 aliphatic carbocycles. The van der Waals surface area contributed by atoms with E-state index in [4.69, 9.17) is 24.2 Å². The standard InChI is InChI=1S/C56H52N10O9/c1-37-31-42(65(69)70)15-21-52(37)63(55(67)59-50-19-17-44(46-7-3-5-9-48(46)50)38-11-13-40(57-33-38)35-61-23-27-74-28-24-61)64(53-22-16-43(66(71)72)32-54(53)73-2)56(68)60-51-20-18-45(47-8-4-6-10-49(47)51)39-12-14-41(58-34-39)36-62-25-29-75-30-26-62/h3-22,31-34H,23-30,35-36H2,1-2H3,(H,59,67)(H,60,68). The molecule has 19 heteroatoms. The lowest BCUT2D eigenvalue weighted by atomic mass is 9.98. The zero-order valence-electron chi connectivity index (χ0n) is 41.2. The van der Waals surface area contributed by atoms with Crippen molar-refractivity contribution >= 4 is 67.7 Å². The quantitative estimate of drug-likeness (QED) is 0.0814. The number of methoxy groups -OCH3 is 1. The average Bonchev–Trinajstić information content (AvgIpc) is 3.44. The Kier molecular flexibility index (Phi) is 14.6. The van der Waals surface area contributed by atoms with E-state index in [1.165, 1.54) is 37.4 Å². The predicted octanol–water partition coefficient (Wildman–Crippen LogP) is 10.6. The minimum Gasteiger partial charge on any atom is -0.494 e. The van der Waals surface area contributed by atoms with Crippen molar-refractivity contribution < 1.29 is 33.6 Å². The number of hydrogen-bond donors (Lipinski definition) is 2. The normalized spacial score (nSPS) is 14.1. The first-order valence-corrected chi connectivity index (χ1v) is 24.4. The summed E-state index contributed by atoms with van der Waals surface area (Å²) in [5, 5.41) is 35.2. The number of morpholine rings is 2. The lowest BCUT2D eigenvalue weighted by Crippen LogP contribution is -2.54. The lowest BCUT2D eigenvalue weighted by Gasteiger charge is -2.36. The number of hydrazine groups is 1. The van der Waals surface area contributed by atoms with E-state index in [2.05, 4.69) is 20.4 Å². The minimum absolute atomic E-state index is 0.0672. The van der Waals surface area contributed by atoms with Crippen LogP contribution < -0.4 is 25.4 Å². The minimum atomic E-state index is -0.883. The first-order chi connectivity index (χ1) is 36.5. The Balaban J connectivity index is 1.03. The number of benzene rings is 6. The molecule has 0 saturated carbocycles. The summed E-state index contributed by atoms with van der Waals surface area (Å²) in [5.41, 5.74) is 5.72. The van der Waals surface area contributed by atoms with Crippen LogP contribution in [0.25, 0.3) is 43.8 Å². The highest BCUT2D eigenvalue weighted by atomic mass is 16.6. The average molecular weight is 1010 g/mol. The zero-order chi connectivity index (χ0) is 52.0. The fraction of sp³-hybridized carbons (Fsp3) is 0.214. The van der Waals surface area contributed by atoms with Gasteiger partial charge in [0.25, 0.3) is 11.4 Å². The molecule has 75 heavy (non-hydrogen) atoms. The Morgan fingerprint density at radius 1 is 0.587 bits per heavy atom. The van der Waals surface area contributed by atoms with E-state index in [-0.39, 0.29) is 34.1 Å². The number of hydrogen-bond acceptors (Lipinski definition) is 13. The molecule has 0 radical (unpaired) electrons. The number of ether oxygens (including phenoxy) is 3. The summed E-state index contributed by atoms with van der Waals surface area (Å²) < 4.78 is 16.7. The third-order valence-electron chi connectivity index (χ3n) is 13.4. The maximum atomic E-state index is 15.5. The van der Waals surface area contributed by atoms with E-state index in [1.54, 1.807) is 19.1 Å². The highest BCUT2D eigenvalue weighted by molar-refractivity contribution is 6.18. The lowest BCUT2D eigenvalue weighted by molar-refractivity contribution is -0.385. The van der Waals surface area contributed by atoms with Crippen molar-refractivity contribution in [3.8, 4) is 28.0 Å². The van der Waals surface area contributed by atoms with Gasteiger partial charge in [0, 0.05) is 91.8 Å². The number of nitro groups is 2. The first kappa shape index (κ1) is 49.7. The monoisotopic (exact) mass is 1010 g/mol. The van der Waals surface area contributed by atoms with Gasteiger partial charge in [0.1, 0.15) is 5.69 Å². The molecule has 6 aromatic carbocycles. The highest BCUT2D eigenvalue weighted by Crippen LogP contribution is 2.40. The van der Waals surface area contributed by atoms with E-state index in [9.17, 15) is 20.2 Å². The van der Waals surface area contributed by atoms with Crippen LogP contribution in [0.1, 0.15) is 17.0 Å². The maximum Gasteiger partial charge on any atom is 0.346 e. The maximum absolute atomic E-state index is 15.5. The molecule has 4 heterocycles. The van der Waals surface area contributed by atoms with Crippen LogP contribution in [-0.2, 0) is 22.6 Å². The van der Waals surface area contributed by atoms with Crippen molar-refractivity contribution in [2.45, 2.75) is 20.0 Å². The summed E-state index contributed by atoms with van der Waals surface area (Å²) in [6, 6.07) is 36.2. The van der Waals surface area contributed by atoms with Gasteiger partial charge in [-0.1, -0.05) is 72.8 Å². The molecule has 2 N–H and O–H groups in total. The van der Waals surface area contributed by atoms with E-state index >= 15 is 9.59 Å². The largest absolute Gasteiger partial charge is 0.494 e. The molecule has 0 spiro atoms. The van der Waals surface area contributed by atoms with Crippen LogP contribution in [0.3, 0.4) is 0 Å². The van der Waals surface area contributed by atoms with Gasteiger partial charge >= 0.3 is 12.1 Å². The molecule has 380 valence electrons. The number of anilines is 4. The Morgan fingerprint density at radius 2 is 1.03 bits per heavy atom. The van der Waals surface area contributed by atoms with Crippen molar-refractivity contribution in [1.82, 2.24) is 19.8 Å². The molecule has 2 saturated heterocycles. The number of non-ortho nitro benzene ring substituents is 2. The van der Waals surface area contributed by atoms with Gasteiger partial charge in [0.2, 0.25) is 0 Å². The van der Waals surface area contributed by atoms with E-state index in [0.717, 1.165) is 86.7 Å². The smallest absolute Gasteiger partial charge is 0.346 e. The second-order valence-electron chi connectivity index (χ2n) is 18.1. The van der Waals surface area contributed by atoms with Gasteiger partial charge in [-0.15, -0.1) is 0 Å². The molecule has 8 aromatic rings. The number of pyridine rings is 2. The van der Waals surface area contributed by atoms with Crippen LogP contribution in [0.5, 0.6) is 5.75 Å². The zero-order valence-corrected chi connectivity index (χ0v) is 41.2. The third kappa shape index (κ3) is 10.8. The number of nitrogens with zero attached hydrogens (tertiary/aromatic N) is 8. The number of urea groups is 2. The number of nitro benzene ring substituents is 2. The van der Waals surface area contributed by atoms with E-state index in [1.807, 2.05) is 97.3 Å². The molecule has 2 fully saturated rings. The number of carbonyl (C=O) groups is 2. The van der Waals surface area contributed by atoms with Gasteiger partial charge < -0.3 is 24.8 Å². The summed E-state index contributed by atoms with van der Waals surface area (Å²) in [7, 11) is 1.29. The van der Waals surface area contributed by atoms with Crippen molar-refractivity contribution in [3.05, 3.63) is 183 Å². The van der Waals surface area contributed by atoms with Crippen molar-refractivity contribution in [3.63, 3.8) is 0 Å². The van der Waals surface area contributed by atoms with E-state index < -0.39 is 21.9 Å². The van der Waals surface area contributed by atoms with Gasteiger partial charge in [-0.25, -0.2) is 9.59 Å². The fourth-order valence-corrected chi connectivity index (χ4v) is 9.55. The second kappa shape index (κ2) is 22.1. The molecule has 2 aliphatic rings. The molecular weight excluding hydrogens is 957 g/mol. The Labute approximate surface area is 431 Å². The predicted molar refractivity (Wildman–Crippen MR) is 287 cm³/mol. The summed E-state index contributed by atoms with van der Waals surface area (Å²) in [6.07, 6.45) is 3.67. The number of aryl methyl sites for hydroxylation is 1. The molecule has 4 amide bonds. The van der Waals surface area contributed by atoms with Crippen molar-refractivity contribution in [2.24, 2.45) is 0 Å². The number of rotatable bonds is 13. The molecule has 0 unspecified atom stereocenters. The van der Waals surface area contributed by atoms with Crippen molar-refractivity contribution in [1.29, 1.82) is 0 Å². The van der Waals surface area contributed by atoms with Gasteiger partial charge in [0.05, 0.1) is 77.9 Å². The van der Waals surface area contributed by atoms with Crippen molar-refractivity contribution in [2.75, 3.05) is 80.4 Å². The topological polar surface area (TPSA) is 211 Å². The number of fused-ring (bicyclic) bond motifs is 2. The van der Waals surface area contributed by atoms with Gasteiger partial charge in [0.15, 0.2) is 5.75 Å². The fourth-order valence-electron chi connectivity index (χ4n) is 9.55. The van der Waals surface area contributed by atoms with Gasteiger partial charge in [-0.2, -0.15) is 10.0 Å². The molecule has 19 nitrogen and oxygen atoms in total.